The molecule has 3 atom stereocenters. The average Bonchev–Trinajstić information content (AvgIpc) is 2.42. The fourth-order valence-corrected chi connectivity index (χ4v) is 4.36. The van der Waals surface area contributed by atoms with Gasteiger partial charge in [-0.3, -0.25) is 4.79 Å². The van der Waals surface area contributed by atoms with Gasteiger partial charge in [-0.05, 0) is 51.9 Å². The van der Waals surface area contributed by atoms with Gasteiger partial charge in [-0.25, -0.2) is 0 Å². The van der Waals surface area contributed by atoms with Crippen LogP contribution >= 0.6 is 0 Å². The molecule has 0 amide bonds. The lowest BCUT2D eigenvalue weighted by atomic mass is 9.55. The van der Waals surface area contributed by atoms with E-state index in [1.54, 1.807) is 0 Å². The predicted molar refractivity (Wildman–Crippen MR) is 62.2 cm³/mol. The smallest absolute Gasteiger partial charge is 0.165 e. The van der Waals surface area contributed by atoms with Crippen LogP contribution in [0.15, 0.2) is 0 Å². The van der Waals surface area contributed by atoms with E-state index in [0.29, 0.717) is 11.7 Å². The molecule has 0 aromatic heterocycles. The van der Waals surface area contributed by atoms with E-state index < -0.39 is 5.60 Å². The van der Waals surface area contributed by atoms with E-state index in [-0.39, 0.29) is 11.0 Å². The number of ketones is 1. The Hall–Kier alpha value is -0.370. The van der Waals surface area contributed by atoms with Gasteiger partial charge in [-0.1, -0.05) is 6.92 Å². The van der Waals surface area contributed by atoms with Gasteiger partial charge in [0.2, 0.25) is 0 Å². The molecule has 0 aromatic rings. The SMILES string of the molecule is CC1(C)O[C@]23C[C@H]1CC[C@]2(C)CCCC3=O. The molecule has 2 heteroatoms. The van der Waals surface area contributed by atoms with E-state index in [1.807, 2.05) is 0 Å². The second-order valence-electron chi connectivity index (χ2n) is 6.81. The fraction of sp³-hybridized carbons (Fsp3) is 0.929. The first-order valence-electron chi connectivity index (χ1n) is 6.63. The van der Waals surface area contributed by atoms with Gasteiger partial charge in [-0.15, -0.1) is 0 Å². The zero-order chi connectivity index (χ0) is 11.6. The van der Waals surface area contributed by atoms with E-state index >= 15 is 0 Å². The Bertz CT molecular complexity index is 347. The molecule has 1 heterocycles. The molecule has 0 N–H and O–H groups in total. The molecule has 0 aromatic carbocycles. The molecule has 1 saturated heterocycles. The second kappa shape index (κ2) is 2.90. The normalized spacial score (nSPS) is 50.2. The van der Waals surface area contributed by atoms with Crippen molar-refractivity contribution in [2.45, 2.75) is 70.5 Å². The van der Waals surface area contributed by atoms with Crippen LogP contribution in [0.2, 0.25) is 0 Å². The topological polar surface area (TPSA) is 26.3 Å². The maximum absolute atomic E-state index is 12.4. The Kier molecular flexibility index (Phi) is 1.95. The van der Waals surface area contributed by atoms with Crippen LogP contribution in [-0.2, 0) is 9.53 Å². The third-order valence-electron chi connectivity index (χ3n) is 5.56. The standard InChI is InChI=1S/C14H22O2/c1-12(2)10-6-8-13(3)7-4-5-11(15)14(13,9-10)16-12/h10H,4-9H2,1-3H3/t10-,13+,14+/m1/s1. The zero-order valence-electron chi connectivity index (χ0n) is 10.6. The van der Waals surface area contributed by atoms with E-state index in [2.05, 4.69) is 20.8 Å². The van der Waals surface area contributed by atoms with Crippen LogP contribution in [0, 0.1) is 11.3 Å². The number of hydrogen-bond acceptors (Lipinski definition) is 2. The van der Waals surface area contributed by atoms with E-state index in [0.717, 1.165) is 19.3 Å². The zero-order valence-corrected chi connectivity index (χ0v) is 10.6. The molecule has 0 radical (unpaired) electrons. The lowest BCUT2D eigenvalue weighted by molar-refractivity contribution is -0.181. The summed E-state index contributed by atoms with van der Waals surface area (Å²) >= 11 is 0. The van der Waals surface area contributed by atoms with Crippen molar-refractivity contribution in [3.8, 4) is 0 Å². The van der Waals surface area contributed by atoms with Gasteiger partial charge in [0.25, 0.3) is 0 Å². The van der Waals surface area contributed by atoms with Crippen LogP contribution in [-0.4, -0.2) is 17.0 Å². The number of ether oxygens (including phenoxy) is 1. The van der Waals surface area contributed by atoms with Gasteiger partial charge in [-0.2, -0.15) is 0 Å². The summed E-state index contributed by atoms with van der Waals surface area (Å²) in [5.74, 6) is 0.971. The lowest BCUT2D eigenvalue weighted by Crippen LogP contribution is -2.56. The molecule has 1 spiro atoms. The molecule has 16 heavy (non-hydrogen) atoms. The molecule has 0 unspecified atom stereocenters. The van der Waals surface area contributed by atoms with Crippen molar-refractivity contribution < 1.29 is 9.53 Å². The van der Waals surface area contributed by atoms with Crippen molar-refractivity contribution in [3.05, 3.63) is 0 Å². The van der Waals surface area contributed by atoms with Gasteiger partial charge >= 0.3 is 0 Å². The van der Waals surface area contributed by atoms with Gasteiger partial charge in [0.05, 0.1) is 5.60 Å². The van der Waals surface area contributed by atoms with E-state index in [1.165, 1.54) is 19.3 Å². The maximum atomic E-state index is 12.4. The quantitative estimate of drug-likeness (QED) is 0.629. The van der Waals surface area contributed by atoms with Gasteiger partial charge in [0.15, 0.2) is 5.78 Å². The Morgan fingerprint density at radius 3 is 2.75 bits per heavy atom. The molecule has 3 rings (SSSR count). The van der Waals surface area contributed by atoms with Gasteiger partial charge in [0, 0.05) is 11.8 Å². The van der Waals surface area contributed by atoms with Crippen LogP contribution in [0.5, 0.6) is 0 Å². The van der Waals surface area contributed by atoms with Crippen LogP contribution in [0.3, 0.4) is 0 Å². The van der Waals surface area contributed by atoms with Crippen molar-refractivity contribution in [2.24, 2.45) is 11.3 Å². The Morgan fingerprint density at radius 2 is 2.00 bits per heavy atom. The first-order chi connectivity index (χ1) is 7.40. The third-order valence-corrected chi connectivity index (χ3v) is 5.56. The van der Waals surface area contributed by atoms with E-state index in [4.69, 9.17) is 4.74 Å². The van der Waals surface area contributed by atoms with Crippen molar-refractivity contribution >= 4 is 5.78 Å². The lowest BCUT2D eigenvalue weighted by Gasteiger charge is -2.50. The fourth-order valence-electron chi connectivity index (χ4n) is 4.36. The first-order valence-corrected chi connectivity index (χ1v) is 6.63. The molecule has 2 bridgehead atoms. The van der Waals surface area contributed by atoms with Crippen molar-refractivity contribution in [1.82, 2.24) is 0 Å². The van der Waals surface area contributed by atoms with Crippen LogP contribution in [0.4, 0.5) is 0 Å². The highest BCUT2D eigenvalue weighted by Crippen LogP contribution is 2.62. The van der Waals surface area contributed by atoms with Gasteiger partial charge in [0.1, 0.15) is 5.60 Å². The average molecular weight is 222 g/mol. The second-order valence-corrected chi connectivity index (χ2v) is 6.81. The summed E-state index contributed by atoms with van der Waals surface area (Å²) in [7, 11) is 0. The maximum Gasteiger partial charge on any atom is 0.165 e. The molecule has 2 nitrogen and oxygen atoms in total. The third kappa shape index (κ3) is 1.09. The summed E-state index contributed by atoms with van der Waals surface area (Å²) in [5, 5.41) is 0. The van der Waals surface area contributed by atoms with Crippen LogP contribution < -0.4 is 0 Å². The molecular formula is C14H22O2. The number of Topliss-reactive ketones (excluding diaryl/α,β-unsaturated/α-hetero) is 1. The highest BCUT2D eigenvalue weighted by atomic mass is 16.5. The monoisotopic (exact) mass is 222 g/mol. The first kappa shape index (κ1) is 10.8. The minimum atomic E-state index is -0.419. The molecular weight excluding hydrogens is 200 g/mol. The van der Waals surface area contributed by atoms with Crippen molar-refractivity contribution in [1.29, 1.82) is 0 Å². The highest BCUT2D eigenvalue weighted by Gasteiger charge is 2.66. The molecule has 3 fully saturated rings. The minimum Gasteiger partial charge on any atom is -0.360 e. The number of hydrogen-bond donors (Lipinski definition) is 0. The number of rotatable bonds is 0. The molecule has 90 valence electrons. The summed E-state index contributed by atoms with van der Waals surface area (Å²) in [4.78, 5) is 12.4. The molecule has 2 saturated carbocycles. The Balaban J connectivity index is 2.07. The number of carbonyl (C=O) groups is 1. The minimum absolute atomic E-state index is 0.0925. The highest BCUT2D eigenvalue weighted by molar-refractivity contribution is 5.89. The van der Waals surface area contributed by atoms with Gasteiger partial charge < -0.3 is 4.74 Å². The predicted octanol–water partition coefficient (Wildman–Crippen LogP) is 3.09. The van der Waals surface area contributed by atoms with Crippen molar-refractivity contribution in [3.63, 3.8) is 0 Å². The Labute approximate surface area is 97.7 Å². The van der Waals surface area contributed by atoms with Crippen LogP contribution in [0.25, 0.3) is 0 Å². The van der Waals surface area contributed by atoms with Crippen molar-refractivity contribution in [2.75, 3.05) is 0 Å². The Morgan fingerprint density at radius 1 is 1.25 bits per heavy atom. The molecule has 3 aliphatic rings. The summed E-state index contributed by atoms with van der Waals surface area (Å²) in [6.45, 7) is 6.61. The summed E-state index contributed by atoms with van der Waals surface area (Å²) < 4.78 is 6.33. The number of carbonyl (C=O) groups excluding carboxylic acids is 1. The van der Waals surface area contributed by atoms with Crippen LogP contribution in [0.1, 0.15) is 59.3 Å². The summed E-state index contributed by atoms with van der Waals surface area (Å²) in [5.41, 5.74) is -0.394. The molecule has 1 aliphatic heterocycles. The summed E-state index contributed by atoms with van der Waals surface area (Å²) in [6, 6.07) is 0. The van der Waals surface area contributed by atoms with E-state index in [9.17, 15) is 4.79 Å². The molecule has 2 aliphatic carbocycles. The summed E-state index contributed by atoms with van der Waals surface area (Å²) in [6.07, 6.45) is 6.35. The number of fused-ring (bicyclic) bond motifs is 1. The largest absolute Gasteiger partial charge is 0.360 e.